The average Bonchev–Trinajstić information content (AvgIpc) is 2.82. The second-order valence-electron chi connectivity index (χ2n) is 8.48. The van der Waals surface area contributed by atoms with Gasteiger partial charge in [0.05, 0.1) is 10.1 Å². The second-order valence-corrected chi connectivity index (χ2v) is 10.7. The lowest BCUT2D eigenvalue weighted by molar-refractivity contribution is -0.223. The van der Waals surface area contributed by atoms with Gasteiger partial charge < -0.3 is 14.4 Å². The van der Waals surface area contributed by atoms with E-state index in [1.807, 2.05) is 18.2 Å². The van der Waals surface area contributed by atoms with Crippen LogP contribution in [-0.4, -0.2) is 65.5 Å². The molecule has 1 saturated heterocycles. The highest BCUT2D eigenvalue weighted by Gasteiger charge is 2.48. The summed E-state index contributed by atoms with van der Waals surface area (Å²) >= 11 is 0. The fraction of sp³-hybridized carbons (Fsp3) is 0.500. The molecule has 0 amide bonds. The first-order valence-corrected chi connectivity index (χ1v) is 12.6. The first-order chi connectivity index (χ1) is 15.4. The van der Waals surface area contributed by atoms with Gasteiger partial charge in [-0.25, -0.2) is 12.8 Å². The molecule has 2 aromatic carbocycles. The van der Waals surface area contributed by atoms with Crippen molar-refractivity contribution in [3.63, 3.8) is 0 Å². The minimum atomic E-state index is -3.44. The van der Waals surface area contributed by atoms with Crippen LogP contribution in [0.5, 0.6) is 0 Å². The first kappa shape index (κ1) is 23.2. The van der Waals surface area contributed by atoms with Crippen LogP contribution in [0.25, 0.3) is 0 Å². The molecule has 4 rings (SSSR count). The van der Waals surface area contributed by atoms with E-state index in [9.17, 15) is 12.8 Å². The van der Waals surface area contributed by atoms with Crippen LogP contribution in [0, 0.1) is 5.82 Å². The number of nitrogens with zero attached hydrogens (tertiary/aromatic N) is 2. The number of ether oxygens (including phenoxy) is 2. The molecule has 2 heterocycles. The zero-order valence-corrected chi connectivity index (χ0v) is 19.5. The summed E-state index contributed by atoms with van der Waals surface area (Å²) in [6, 6.07) is 13.6. The smallest absolute Gasteiger partial charge is 0.196 e. The van der Waals surface area contributed by atoms with Gasteiger partial charge in [-0.05, 0) is 49.7 Å². The van der Waals surface area contributed by atoms with E-state index in [2.05, 4.69) is 9.80 Å². The highest BCUT2D eigenvalue weighted by atomic mass is 32.2. The summed E-state index contributed by atoms with van der Waals surface area (Å²) in [5, 5.41) is -0.544. The van der Waals surface area contributed by atoms with Crippen molar-refractivity contribution in [3.05, 3.63) is 59.9 Å². The number of methoxy groups -OCH3 is 2. The number of hydrogen-bond donors (Lipinski definition) is 0. The molecule has 1 atom stereocenters. The molecule has 1 fully saturated rings. The topological polar surface area (TPSA) is 59.1 Å². The molecule has 8 heteroatoms. The fourth-order valence-corrected chi connectivity index (χ4v) is 6.95. The fourth-order valence-electron chi connectivity index (χ4n) is 4.88. The Kier molecular flexibility index (Phi) is 6.86. The van der Waals surface area contributed by atoms with Crippen LogP contribution in [0.1, 0.15) is 24.8 Å². The third-order valence-corrected chi connectivity index (χ3v) is 9.01. The van der Waals surface area contributed by atoms with Crippen molar-refractivity contribution in [2.45, 2.75) is 35.2 Å². The molecule has 2 aliphatic rings. The molecule has 2 aromatic rings. The van der Waals surface area contributed by atoms with Gasteiger partial charge >= 0.3 is 0 Å². The molecule has 0 saturated carbocycles. The lowest BCUT2D eigenvalue weighted by Gasteiger charge is -2.40. The number of hydrogen-bond acceptors (Lipinski definition) is 6. The Balaban J connectivity index is 1.36. The maximum Gasteiger partial charge on any atom is 0.196 e. The largest absolute Gasteiger partial charge is 0.369 e. The van der Waals surface area contributed by atoms with Gasteiger partial charge in [0.1, 0.15) is 5.82 Å². The molecular formula is C24H31FN2O4S. The molecule has 0 spiro atoms. The average molecular weight is 463 g/mol. The summed E-state index contributed by atoms with van der Waals surface area (Å²) in [5.41, 5.74) is 1.62. The van der Waals surface area contributed by atoms with Crippen LogP contribution in [0.2, 0.25) is 0 Å². The quantitative estimate of drug-likeness (QED) is 0.588. The zero-order chi connectivity index (χ0) is 22.8. The molecule has 2 aliphatic heterocycles. The van der Waals surface area contributed by atoms with Crippen molar-refractivity contribution in [1.29, 1.82) is 0 Å². The van der Waals surface area contributed by atoms with Crippen LogP contribution in [0.15, 0.2) is 53.4 Å². The zero-order valence-electron chi connectivity index (χ0n) is 18.7. The lowest BCUT2D eigenvalue weighted by atomic mass is 9.97. The normalized spacial score (nSPS) is 22.5. The number of rotatable bonds is 7. The molecule has 6 nitrogen and oxygen atoms in total. The van der Waals surface area contributed by atoms with E-state index in [4.69, 9.17) is 9.47 Å². The van der Waals surface area contributed by atoms with Crippen molar-refractivity contribution in [1.82, 2.24) is 4.90 Å². The Morgan fingerprint density at radius 3 is 2.31 bits per heavy atom. The van der Waals surface area contributed by atoms with Crippen molar-refractivity contribution < 1.29 is 22.3 Å². The Hall–Kier alpha value is -2.00. The summed E-state index contributed by atoms with van der Waals surface area (Å²) in [6.07, 6.45) is 1.63. The molecule has 174 valence electrons. The molecule has 0 N–H and O–H groups in total. The third kappa shape index (κ3) is 4.41. The number of sulfone groups is 1. The minimum absolute atomic E-state index is 0.223. The van der Waals surface area contributed by atoms with E-state index in [0.717, 1.165) is 44.8 Å². The van der Waals surface area contributed by atoms with Crippen molar-refractivity contribution in [3.8, 4) is 0 Å². The highest BCUT2D eigenvalue weighted by molar-refractivity contribution is 7.92. The second kappa shape index (κ2) is 9.47. The van der Waals surface area contributed by atoms with E-state index in [1.165, 1.54) is 12.1 Å². The van der Waals surface area contributed by atoms with E-state index in [0.29, 0.717) is 16.9 Å². The molecule has 0 aliphatic carbocycles. The number of anilines is 1. The van der Waals surface area contributed by atoms with Crippen LogP contribution >= 0.6 is 0 Å². The van der Waals surface area contributed by atoms with E-state index in [1.54, 1.807) is 32.4 Å². The molecule has 0 bridgehead atoms. The number of piperazine rings is 1. The van der Waals surface area contributed by atoms with E-state index in [-0.39, 0.29) is 12.2 Å². The summed E-state index contributed by atoms with van der Waals surface area (Å²) in [6.45, 7) is 4.39. The van der Waals surface area contributed by atoms with Gasteiger partial charge in [0.15, 0.2) is 15.6 Å². The lowest BCUT2D eigenvalue weighted by Crippen LogP contribution is -2.47. The van der Waals surface area contributed by atoms with Gasteiger partial charge in [0, 0.05) is 58.1 Å². The maximum absolute atomic E-state index is 13.3. The van der Waals surface area contributed by atoms with Gasteiger partial charge in [0.2, 0.25) is 0 Å². The van der Waals surface area contributed by atoms with Crippen molar-refractivity contribution >= 4 is 15.5 Å². The Morgan fingerprint density at radius 2 is 1.66 bits per heavy atom. The molecule has 0 aromatic heterocycles. The minimum Gasteiger partial charge on any atom is -0.369 e. The molecule has 1 unspecified atom stereocenters. The van der Waals surface area contributed by atoms with Crippen molar-refractivity contribution in [2.75, 3.05) is 51.8 Å². The SMILES string of the molecule is COC1(OC)CC(CCCN2CCN(c3ccc(F)cc3)CC2)S(=O)(=O)c2ccccc21. The van der Waals surface area contributed by atoms with Crippen LogP contribution in [0.3, 0.4) is 0 Å². The van der Waals surface area contributed by atoms with E-state index >= 15 is 0 Å². The summed E-state index contributed by atoms with van der Waals surface area (Å²) in [7, 11) is -0.312. The van der Waals surface area contributed by atoms with Crippen molar-refractivity contribution in [2.24, 2.45) is 0 Å². The van der Waals surface area contributed by atoms with Gasteiger partial charge in [0.25, 0.3) is 0 Å². The van der Waals surface area contributed by atoms with Gasteiger partial charge in [-0.2, -0.15) is 0 Å². The summed E-state index contributed by atoms with van der Waals surface area (Å²) in [4.78, 5) is 4.93. The summed E-state index contributed by atoms with van der Waals surface area (Å²) < 4.78 is 51.1. The first-order valence-electron chi connectivity index (χ1n) is 11.1. The number of benzene rings is 2. The van der Waals surface area contributed by atoms with Crippen LogP contribution in [-0.2, 0) is 25.1 Å². The monoisotopic (exact) mass is 462 g/mol. The Bertz CT molecular complexity index is 1020. The predicted molar refractivity (Wildman–Crippen MR) is 122 cm³/mol. The van der Waals surface area contributed by atoms with Gasteiger partial charge in [-0.3, -0.25) is 4.90 Å². The van der Waals surface area contributed by atoms with Gasteiger partial charge in [-0.1, -0.05) is 18.2 Å². The standard InChI is InChI=1S/C24H31FN2O4S/c1-30-24(31-2)18-21(32(28,29)23-8-4-3-7-22(23)24)6-5-13-26-14-16-27(17-15-26)20-11-9-19(25)10-12-20/h3-4,7-12,21H,5-6,13-18H2,1-2H3. The number of halogens is 1. The Labute approximate surface area is 189 Å². The Morgan fingerprint density at radius 1 is 1.00 bits per heavy atom. The maximum atomic E-state index is 13.3. The van der Waals surface area contributed by atoms with E-state index < -0.39 is 20.9 Å². The van der Waals surface area contributed by atoms with Crippen LogP contribution in [0.4, 0.5) is 10.1 Å². The summed E-state index contributed by atoms with van der Waals surface area (Å²) in [5.74, 6) is -1.26. The van der Waals surface area contributed by atoms with Crippen LogP contribution < -0.4 is 4.90 Å². The third-order valence-electron chi connectivity index (χ3n) is 6.76. The predicted octanol–water partition coefficient (Wildman–Crippen LogP) is 3.42. The molecule has 0 radical (unpaired) electrons. The number of fused-ring (bicyclic) bond motifs is 1. The van der Waals surface area contributed by atoms with Gasteiger partial charge in [-0.15, -0.1) is 0 Å². The molecular weight excluding hydrogens is 431 g/mol. The highest BCUT2D eigenvalue weighted by Crippen LogP contribution is 2.44. The molecule has 32 heavy (non-hydrogen) atoms.